The highest BCUT2D eigenvalue weighted by Gasteiger charge is 2.27. The summed E-state index contributed by atoms with van der Waals surface area (Å²) in [4.78, 5) is 19.1. The fraction of sp³-hybridized carbons (Fsp3) is 0.667. The zero-order valence-electron chi connectivity index (χ0n) is 11.6. The summed E-state index contributed by atoms with van der Waals surface area (Å²) in [6.45, 7) is 10.2. The van der Waals surface area contributed by atoms with Crippen LogP contribution in [0.15, 0.2) is 12.2 Å². The van der Waals surface area contributed by atoms with Crippen molar-refractivity contribution in [3.8, 4) is 0 Å². The number of hydrogen-bond donors (Lipinski definition) is 2. The SMILES string of the molecule is CC[N+]1(CC)CCCC1.O=C(O)/C=C\C(=O)O.[H+]. The molecule has 1 heterocycles. The fourth-order valence-electron chi connectivity index (χ4n) is 2.00. The van der Waals surface area contributed by atoms with Crippen molar-refractivity contribution in [3.63, 3.8) is 0 Å². The first-order chi connectivity index (χ1) is 7.95. The van der Waals surface area contributed by atoms with E-state index in [9.17, 15) is 9.59 Å². The highest BCUT2D eigenvalue weighted by atomic mass is 16.4. The minimum absolute atomic E-state index is 0. The summed E-state index contributed by atoms with van der Waals surface area (Å²) >= 11 is 0. The van der Waals surface area contributed by atoms with Gasteiger partial charge in [0.2, 0.25) is 0 Å². The molecule has 1 fully saturated rings. The summed E-state index contributed by atoms with van der Waals surface area (Å²) in [5.74, 6) is -2.51. The van der Waals surface area contributed by atoms with E-state index in [-0.39, 0.29) is 1.43 Å². The molecule has 1 saturated heterocycles. The van der Waals surface area contributed by atoms with Crippen molar-refractivity contribution in [1.29, 1.82) is 0 Å². The monoisotopic (exact) mass is 245 g/mol. The number of carboxylic acid groups (broad SMARTS) is 2. The van der Waals surface area contributed by atoms with Gasteiger partial charge >= 0.3 is 13.4 Å². The fourth-order valence-corrected chi connectivity index (χ4v) is 2.00. The van der Waals surface area contributed by atoms with Crippen LogP contribution < -0.4 is 0 Å². The van der Waals surface area contributed by atoms with Gasteiger partial charge in [-0.05, 0) is 13.8 Å². The van der Waals surface area contributed by atoms with Crippen LogP contribution in [0.5, 0.6) is 0 Å². The van der Waals surface area contributed by atoms with E-state index in [1.165, 1.54) is 43.5 Å². The topological polar surface area (TPSA) is 74.6 Å². The number of rotatable bonds is 4. The Bertz CT molecular complexity index is 264. The second-order valence-corrected chi connectivity index (χ2v) is 4.14. The van der Waals surface area contributed by atoms with Gasteiger partial charge in [-0.2, -0.15) is 0 Å². The number of carboxylic acids is 2. The molecule has 1 aliphatic rings. The molecule has 0 atom stereocenters. The average Bonchev–Trinajstić information content (AvgIpc) is 2.76. The molecule has 1 aliphatic heterocycles. The van der Waals surface area contributed by atoms with Gasteiger partial charge in [0.05, 0.1) is 26.2 Å². The lowest BCUT2D eigenvalue weighted by Crippen LogP contribution is -2.44. The first-order valence-electron chi connectivity index (χ1n) is 5.95. The van der Waals surface area contributed by atoms with Crippen LogP contribution >= 0.6 is 0 Å². The van der Waals surface area contributed by atoms with Crippen LogP contribution in [0.4, 0.5) is 0 Å². The van der Waals surface area contributed by atoms with E-state index in [0.717, 1.165) is 0 Å². The molecule has 98 valence electrons. The number of likely N-dealkylation sites (tertiary alicyclic amines) is 1. The third-order valence-corrected chi connectivity index (χ3v) is 3.23. The van der Waals surface area contributed by atoms with Crippen LogP contribution in [0.25, 0.3) is 0 Å². The van der Waals surface area contributed by atoms with Crippen molar-refractivity contribution in [3.05, 3.63) is 12.2 Å². The molecule has 0 amide bonds. The Labute approximate surface area is 103 Å². The highest BCUT2D eigenvalue weighted by molar-refractivity contribution is 5.89. The number of quaternary nitrogens is 1. The van der Waals surface area contributed by atoms with Gasteiger partial charge < -0.3 is 14.7 Å². The number of aliphatic carboxylic acids is 2. The molecule has 17 heavy (non-hydrogen) atoms. The zero-order valence-corrected chi connectivity index (χ0v) is 10.6. The minimum Gasteiger partial charge on any atom is -0.478 e. The summed E-state index contributed by atoms with van der Waals surface area (Å²) in [6, 6.07) is 0. The molecular formula is C12H23NO4+2. The lowest BCUT2D eigenvalue weighted by molar-refractivity contribution is -0.913. The van der Waals surface area contributed by atoms with Gasteiger partial charge in [0, 0.05) is 25.0 Å². The second-order valence-electron chi connectivity index (χ2n) is 4.14. The lowest BCUT2D eigenvalue weighted by atomic mass is 10.4. The van der Waals surface area contributed by atoms with Crippen LogP contribution in [-0.2, 0) is 9.59 Å². The molecule has 0 aliphatic carbocycles. The van der Waals surface area contributed by atoms with Crippen LogP contribution in [0.2, 0.25) is 0 Å². The number of carbonyl (C=O) groups is 2. The van der Waals surface area contributed by atoms with Gasteiger partial charge in [-0.1, -0.05) is 0 Å². The molecule has 0 bridgehead atoms. The predicted octanol–water partition coefficient (Wildman–Crippen LogP) is 1.46. The molecule has 1 rings (SSSR count). The van der Waals surface area contributed by atoms with Crippen LogP contribution in [0, 0.1) is 0 Å². The average molecular weight is 245 g/mol. The van der Waals surface area contributed by atoms with Crippen molar-refractivity contribution in [2.45, 2.75) is 26.7 Å². The normalized spacial score (nSPS) is 17.5. The molecule has 2 N–H and O–H groups in total. The van der Waals surface area contributed by atoms with E-state index in [1.54, 1.807) is 0 Å². The second kappa shape index (κ2) is 7.84. The van der Waals surface area contributed by atoms with Crippen molar-refractivity contribution in [2.24, 2.45) is 0 Å². The van der Waals surface area contributed by atoms with E-state index in [0.29, 0.717) is 12.2 Å². The first kappa shape index (κ1) is 15.6. The Morgan fingerprint density at radius 3 is 1.59 bits per heavy atom. The van der Waals surface area contributed by atoms with Gasteiger partial charge in [-0.15, -0.1) is 0 Å². The maximum Gasteiger partial charge on any atom is 1.00 e. The summed E-state index contributed by atoms with van der Waals surface area (Å²) in [6.07, 6.45) is 4.04. The number of hydrogen-bond acceptors (Lipinski definition) is 2. The van der Waals surface area contributed by atoms with E-state index < -0.39 is 11.9 Å². The highest BCUT2D eigenvalue weighted by Crippen LogP contribution is 2.17. The molecule has 0 spiro atoms. The first-order valence-corrected chi connectivity index (χ1v) is 5.95. The van der Waals surface area contributed by atoms with E-state index in [4.69, 9.17) is 10.2 Å². The van der Waals surface area contributed by atoms with Crippen molar-refractivity contribution in [1.82, 2.24) is 0 Å². The molecule has 5 nitrogen and oxygen atoms in total. The Hall–Kier alpha value is -1.36. The van der Waals surface area contributed by atoms with Crippen molar-refractivity contribution in [2.75, 3.05) is 26.2 Å². The Balaban J connectivity index is 0. The quantitative estimate of drug-likeness (QED) is 0.581. The third-order valence-electron chi connectivity index (χ3n) is 3.23. The molecule has 5 heteroatoms. The van der Waals surface area contributed by atoms with Crippen molar-refractivity contribution < 1.29 is 25.7 Å². The third kappa shape index (κ3) is 6.73. The molecule has 0 aromatic rings. The Morgan fingerprint density at radius 2 is 1.41 bits per heavy atom. The summed E-state index contributed by atoms with van der Waals surface area (Å²) < 4.78 is 1.39. The predicted molar refractivity (Wildman–Crippen MR) is 65.8 cm³/mol. The van der Waals surface area contributed by atoms with Crippen LogP contribution in [0.1, 0.15) is 28.1 Å². The van der Waals surface area contributed by atoms with Gasteiger partial charge in [-0.3, -0.25) is 0 Å². The van der Waals surface area contributed by atoms with Crippen LogP contribution in [-0.4, -0.2) is 52.8 Å². The maximum atomic E-state index is 9.55. The largest absolute Gasteiger partial charge is 1.00 e. The summed E-state index contributed by atoms with van der Waals surface area (Å²) in [7, 11) is 0. The smallest absolute Gasteiger partial charge is 0.478 e. The molecule has 0 aromatic carbocycles. The van der Waals surface area contributed by atoms with Gasteiger partial charge in [-0.25, -0.2) is 9.59 Å². The molecule has 0 radical (unpaired) electrons. The maximum absolute atomic E-state index is 9.55. The van der Waals surface area contributed by atoms with E-state index in [2.05, 4.69) is 13.8 Å². The van der Waals surface area contributed by atoms with Crippen LogP contribution in [0.3, 0.4) is 0 Å². The van der Waals surface area contributed by atoms with E-state index in [1.807, 2.05) is 0 Å². The summed E-state index contributed by atoms with van der Waals surface area (Å²) in [5.41, 5.74) is 0. The lowest BCUT2D eigenvalue weighted by Gasteiger charge is -2.31. The molecule has 0 aromatic heterocycles. The van der Waals surface area contributed by atoms with Gasteiger partial charge in [0.1, 0.15) is 0 Å². The summed E-state index contributed by atoms with van der Waals surface area (Å²) in [5, 5.41) is 15.6. The van der Waals surface area contributed by atoms with Gasteiger partial charge in [0.15, 0.2) is 0 Å². The molecular weight excluding hydrogens is 222 g/mol. The molecule has 0 saturated carbocycles. The molecule has 0 unspecified atom stereocenters. The van der Waals surface area contributed by atoms with E-state index >= 15 is 0 Å². The minimum atomic E-state index is -1.26. The zero-order chi connectivity index (χ0) is 13.3. The Morgan fingerprint density at radius 1 is 1.06 bits per heavy atom. The standard InChI is InChI=1S/C8H18N.C4H4O4/c1-3-9(4-2)7-5-6-8-9;5-3(6)1-2-4(7)8/h3-8H2,1-2H3;1-2H,(H,5,6)(H,7,8)/q+1;/p+1/b;2-1-. The van der Waals surface area contributed by atoms with Gasteiger partial charge in [0.25, 0.3) is 0 Å². The Kier molecular flexibility index (Phi) is 7.21. The van der Waals surface area contributed by atoms with Crippen molar-refractivity contribution >= 4 is 11.9 Å². The number of nitrogens with zero attached hydrogens (tertiary/aromatic N) is 1.